The van der Waals surface area contributed by atoms with Crippen molar-refractivity contribution in [1.82, 2.24) is 5.32 Å². The summed E-state index contributed by atoms with van der Waals surface area (Å²) >= 11 is 6.08. The topological polar surface area (TPSA) is 24.5 Å². The molecule has 0 aromatic heterocycles. The lowest BCUT2D eigenvalue weighted by Gasteiger charge is -2.30. The first-order valence-electron chi connectivity index (χ1n) is 10.5. The second-order valence-corrected chi connectivity index (χ2v) is 8.38. The maximum Gasteiger partial charge on any atom is 0.416 e. The van der Waals surface area contributed by atoms with Crippen LogP contribution in [0.15, 0.2) is 78.9 Å². The van der Waals surface area contributed by atoms with Crippen LogP contribution in [0.5, 0.6) is 5.75 Å². The van der Waals surface area contributed by atoms with Gasteiger partial charge in [-0.2, -0.15) is 13.2 Å². The lowest BCUT2D eigenvalue weighted by atomic mass is 10.0. The van der Waals surface area contributed by atoms with E-state index in [-0.39, 0.29) is 12.0 Å². The molecule has 1 aliphatic rings. The molecular weight excluding hydrogens is 437 g/mol. The van der Waals surface area contributed by atoms with Gasteiger partial charge in [0.2, 0.25) is 0 Å². The van der Waals surface area contributed by atoms with E-state index in [1.807, 2.05) is 42.5 Å². The van der Waals surface area contributed by atoms with Crippen LogP contribution in [0.2, 0.25) is 5.02 Å². The van der Waals surface area contributed by atoms with Crippen molar-refractivity contribution in [2.24, 2.45) is 5.92 Å². The van der Waals surface area contributed by atoms with E-state index in [1.165, 1.54) is 17.7 Å². The Morgan fingerprint density at radius 2 is 1.59 bits per heavy atom. The fourth-order valence-corrected chi connectivity index (χ4v) is 4.05. The average Bonchev–Trinajstić information content (AvgIpc) is 3.21. The maximum atomic E-state index is 12.8. The van der Waals surface area contributed by atoms with Gasteiger partial charge in [-0.1, -0.05) is 41.9 Å². The first-order valence-corrected chi connectivity index (χ1v) is 10.9. The standard InChI is InChI=1S/C25H24ClF3N2O/c26-21-8-10-22(11-9-21)31(16-18-4-2-1-3-5-18)17-19-14-30-15-24(19)32-23-12-6-20(7-13-23)25(27,28)29/h1-13,19,24,30H,14-17H2/t19-,24-/m0/s1. The third-order valence-electron chi connectivity index (χ3n) is 5.61. The summed E-state index contributed by atoms with van der Waals surface area (Å²) in [7, 11) is 0. The minimum Gasteiger partial charge on any atom is -0.489 e. The summed E-state index contributed by atoms with van der Waals surface area (Å²) in [5.41, 5.74) is 1.56. The molecule has 1 saturated heterocycles. The molecule has 1 fully saturated rings. The fourth-order valence-electron chi connectivity index (χ4n) is 3.93. The number of rotatable bonds is 7. The average molecular weight is 461 g/mol. The van der Waals surface area contributed by atoms with Crippen molar-refractivity contribution < 1.29 is 17.9 Å². The number of hydrogen-bond acceptors (Lipinski definition) is 3. The van der Waals surface area contributed by atoms with E-state index in [1.54, 1.807) is 0 Å². The van der Waals surface area contributed by atoms with E-state index < -0.39 is 11.7 Å². The predicted molar refractivity (Wildman–Crippen MR) is 121 cm³/mol. The van der Waals surface area contributed by atoms with Crippen LogP contribution in [-0.2, 0) is 12.7 Å². The molecule has 1 N–H and O–H groups in total. The molecule has 3 aromatic carbocycles. The fraction of sp³-hybridized carbons (Fsp3) is 0.280. The molecule has 3 aromatic rings. The van der Waals surface area contributed by atoms with Gasteiger partial charge in [0.05, 0.1) is 5.56 Å². The summed E-state index contributed by atoms with van der Waals surface area (Å²) in [6, 6.07) is 22.8. The largest absolute Gasteiger partial charge is 0.489 e. The Balaban J connectivity index is 1.48. The zero-order valence-corrected chi connectivity index (χ0v) is 18.1. The van der Waals surface area contributed by atoms with Gasteiger partial charge >= 0.3 is 6.18 Å². The number of nitrogens with zero attached hydrogens (tertiary/aromatic N) is 1. The highest BCUT2D eigenvalue weighted by atomic mass is 35.5. The van der Waals surface area contributed by atoms with Gasteiger partial charge in [-0.05, 0) is 54.1 Å². The summed E-state index contributed by atoms with van der Waals surface area (Å²) in [6.07, 6.45) is -4.50. The van der Waals surface area contributed by atoms with Gasteiger partial charge in [-0.3, -0.25) is 0 Å². The van der Waals surface area contributed by atoms with E-state index in [0.29, 0.717) is 17.3 Å². The number of benzene rings is 3. The Morgan fingerprint density at radius 1 is 0.906 bits per heavy atom. The number of alkyl halides is 3. The predicted octanol–water partition coefficient (Wildman–Crippen LogP) is 6.03. The number of ether oxygens (including phenoxy) is 1. The number of anilines is 1. The van der Waals surface area contributed by atoms with Gasteiger partial charge in [0.1, 0.15) is 11.9 Å². The Hall–Kier alpha value is -2.70. The second-order valence-electron chi connectivity index (χ2n) is 7.94. The zero-order chi connectivity index (χ0) is 22.6. The van der Waals surface area contributed by atoms with E-state index in [4.69, 9.17) is 16.3 Å². The second kappa shape index (κ2) is 9.84. The molecule has 4 rings (SSSR count). The summed E-state index contributed by atoms with van der Waals surface area (Å²) in [4.78, 5) is 2.28. The molecule has 32 heavy (non-hydrogen) atoms. The number of nitrogens with one attached hydrogen (secondary N) is 1. The zero-order valence-electron chi connectivity index (χ0n) is 17.4. The lowest BCUT2D eigenvalue weighted by Crippen LogP contribution is -2.37. The van der Waals surface area contributed by atoms with Crippen LogP contribution in [0.3, 0.4) is 0 Å². The first-order chi connectivity index (χ1) is 15.4. The summed E-state index contributed by atoms with van der Waals surface area (Å²) < 4.78 is 44.6. The monoisotopic (exact) mass is 460 g/mol. The van der Waals surface area contributed by atoms with Crippen LogP contribution in [0.25, 0.3) is 0 Å². The van der Waals surface area contributed by atoms with Crippen molar-refractivity contribution in [3.8, 4) is 5.75 Å². The Bertz CT molecular complexity index is 994. The third-order valence-corrected chi connectivity index (χ3v) is 5.86. The van der Waals surface area contributed by atoms with Gasteiger partial charge in [0.15, 0.2) is 0 Å². The van der Waals surface area contributed by atoms with Crippen LogP contribution in [0.4, 0.5) is 18.9 Å². The van der Waals surface area contributed by atoms with Gasteiger partial charge in [0, 0.05) is 42.8 Å². The maximum absolute atomic E-state index is 12.8. The first kappa shape index (κ1) is 22.5. The molecule has 7 heteroatoms. The van der Waals surface area contributed by atoms with Crippen molar-refractivity contribution >= 4 is 17.3 Å². The van der Waals surface area contributed by atoms with Crippen LogP contribution < -0.4 is 15.0 Å². The van der Waals surface area contributed by atoms with Crippen molar-refractivity contribution in [1.29, 1.82) is 0 Å². The van der Waals surface area contributed by atoms with E-state index in [0.717, 1.165) is 37.5 Å². The number of halogens is 4. The SMILES string of the molecule is FC(F)(F)c1ccc(O[C@H]2CNC[C@H]2CN(Cc2ccccc2)c2ccc(Cl)cc2)cc1. The van der Waals surface area contributed by atoms with Crippen LogP contribution in [-0.4, -0.2) is 25.7 Å². The Morgan fingerprint density at radius 3 is 2.25 bits per heavy atom. The van der Waals surface area contributed by atoms with Gasteiger partial charge in [0.25, 0.3) is 0 Å². The third kappa shape index (κ3) is 5.75. The molecule has 0 saturated carbocycles. The van der Waals surface area contributed by atoms with Gasteiger partial charge in [-0.15, -0.1) is 0 Å². The molecule has 2 atom stereocenters. The smallest absolute Gasteiger partial charge is 0.416 e. The van der Waals surface area contributed by atoms with Crippen molar-refractivity contribution in [3.63, 3.8) is 0 Å². The van der Waals surface area contributed by atoms with E-state index in [2.05, 4.69) is 22.3 Å². The summed E-state index contributed by atoms with van der Waals surface area (Å²) in [5, 5.41) is 4.04. The molecule has 0 amide bonds. The molecule has 3 nitrogen and oxygen atoms in total. The van der Waals surface area contributed by atoms with Crippen molar-refractivity contribution in [2.75, 3.05) is 24.5 Å². The normalized spacial score (nSPS) is 18.5. The molecular formula is C25H24ClF3N2O. The minimum atomic E-state index is -4.35. The lowest BCUT2D eigenvalue weighted by molar-refractivity contribution is -0.137. The molecule has 1 heterocycles. The molecule has 0 bridgehead atoms. The summed E-state index contributed by atoms with van der Waals surface area (Å²) in [6.45, 7) is 2.87. The minimum absolute atomic E-state index is 0.141. The molecule has 0 unspecified atom stereocenters. The molecule has 0 aliphatic carbocycles. The molecule has 0 radical (unpaired) electrons. The van der Waals surface area contributed by atoms with Gasteiger partial charge in [-0.25, -0.2) is 0 Å². The highest BCUT2D eigenvalue weighted by Gasteiger charge is 2.32. The molecule has 1 aliphatic heterocycles. The molecule has 168 valence electrons. The quantitative estimate of drug-likeness (QED) is 0.465. The van der Waals surface area contributed by atoms with Crippen LogP contribution >= 0.6 is 11.6 Å². The highest BCUT2D eigenvalue weighted by Crippen LogP contribution is 2.31. The summed E-state index contributed by atoms with van der Waals surface area (Å²) in [5.74, 6) is 0.606. The Labute approximate surface area is 190 Å². The van der Waals surface area contributed by atoms with Crippen molar-refractivity contribution in [3.05, 3.63) is 95.0 Å². The van der Waals surface area contributed by atoms with Crippen molar-refractivity contribution in [2.45, 2.75) is 18.8 Å². The molecule has 0 spiro atoms. The highest BCUT2D eigenvalue weighted by molar-refractivity contribution is 6.30. The van der Waals surface area contributed by atoms with E-state index in [9.17, 15) is 13.2 Å². The van der Waals surface area contributed by atoms with Crippen LogP contribution in [0.1, 0.15) is 11.1 Å². The van der Waals surface area contributed by atoms with E-state index >= 15 is 0 Å². The Kier molecular flexibility index (Phi) is 6.92. The van der Waals surface area contributed by atoms with Gasteiger partial charge < -0.3 is 15.0 Å². The van der Waals surface area contributed by atoms with Crippen LogP contribution in [0, 0.1) is 5.92 Å². The number of hydrogen-bond donors (Lipinski definition) is 1.